The van der Waals surface area contributed by atoms with E-state index in [2.05, 4.69) is 17.5 Å². The standard InChI is InChI=1S/C30H41ClN4O5S/c1-4-40-29(39)25(32)30(2,3)26(41)28(38)35(19-20-36)24-11-7-22(8-12-24)27(37)34-17-15-33(16-18-34)14-13-21-5-9-23(31)10-6-21/h5-12,25-26,36,41H,4,13-20,32H2,1-3H3. The van der Waals surface area contributed by atoms with E-state index < -0.39 is 28.6 Å². The van der Waals surface area contributed by atoms with E-state index in [4.69, 9.17) is 22.1 Å². The van der Waals surface area contributed by atoms with E-state index in [1.54, 1.807) is 45.0 Å². The lowest BCUT2D eigenvalue weighted by Gasteiger charge is -2.37. The van der Waals surface area contributed by atoms with Gasteiger partial charge in [-0.3, -0.25) is 19.3 Å². The van der Waals surface area contributed by atoms with Gasteiger partial charge in [-0.25, -0.2) is 0 Å². The predicted molar refractivity (Wildman–Crippen MR) is 165 cm³/mol. The van der Waals surface area contributed by atoms with Gasteiger partial charge >= 0.3 is 5.97 Å². The third-order valence-corrected chi connectivity index (χ3v) is 8.72. The van der Waals surface area contributed by atoms with Crippen LogP contribution >= 0.6 is 24.2 Å². The van der Waals surface area contributed by atoms with Crippen LogP contribution in [0.25, 0.3) is 0 Å². The fourth-order valence-corrected chi connectivity index (χ4v) is 5.14. The van der Waals surface area contributed by atoms with Crippen LogP contribution in [-0.2, 0) is 20.7 Å². The number of ether oxygens (including phenoxy) is 1. The number of rotatable bonds is 12. The van der Waals surface area contributed by atoms with Crippen molar-refractivity contribution in [2.24, 2.45) is 11.1 Å². The number of hydrogen-bond acceptors (Lipinski definition) is 8. The van der Waals surface area contributed by atoms with Gasteiger partial charge in [0.05, 0.1) is 18.5 Å². The van der Waals surface area contributed by atoms with Gasteiger partial charge in [0.2, 0.25) is 5.91 Å². The van der Waals surface area contributed by atoms with Gasteiger partial charge < -0.3 is 25.4 Å². The number of nitrogens with zero attached hydrogens (tertiary/aromatic N) is 3. The van der Waals surface area contributed by atoms with Gasteiger partial charge in [0.15, 0.2) is 0 Å². The molecule has 0 aromatic heterocycles. The number of hydrogen-bond donors (Lipinski definition) is 3. The quantitative estimate of drug-likeness (QED) is 0.252. The third kappa shape index (κ3) is 8.45. The lowest BCUT2D eigenvalue weighted by atomic mass is 9.80. The zero-order chi connectivity index (χ0) is 30.2. The molecule has 2 amide bonds. The molecule has 1 heterocycles. The topological polar surface area (TPSA) is 116 Å². The molecule has 1 aliphatic rings. The SMILES string of the molecule is CCOC(=O)C(N)C(C)(C)C(S)C(=O)N(CCO)c1ccc(C(=O)N2CCN(CCc3ccc(Cl)cc3)CC2)cc1. The van der Waals surface area contributed by atoms with Crippen LogP contribution in [0.15, 0.2) is 48.5 Å². The second-order valence-corrected chi connectivity index (χ2v) is 11.7. The van der Waals surface area contributed by atoms with Crippen molar-refractivity contribution < 1.29 is 24.2 Å². The van der Waals surface area contributed by atoms with Crippen molar-refractivity contribution in [1.29, 1.82) is 0 Å². The summed E-state index contributed by atoms with van der Waals surface area (Å²) in [6.07, 6.45) is 0.925. The van der Waals surface area contributed by atoms with Crippen molar-refractivity contribution in [1.82, 2.24) is 9.80 Å². The smallest absolute Gasteiger partial charge is 0.323 e. The number of piperazine rings is 1. The minimum absolute atomic E-state index is 0.0197. The van der Waals surface area contributed by atoms with Crippen molar-refractivity contribution in [2.75, 3.05) is 57.4 Å². The molecule has 41 heavy (non-hydrogen) atoms. The summed E-state index contributed by atoms with van der Waals surface area (Å²) in [7, 11) is 0. The molecule has 9 nitrogen and oxygen atoms in total. The first kappa shape index (κ1) is 32.9. The number of amides is 2. The Morgan fingerprint density at radius 1 is 1.07 bits per heavy atom. The fourth-order valence-electron chi connectivity index (χ4n) is 4.72. The monoisotopic (exact) mass is 604 g/mol. The Hall–Kier alpha value is -2.63. The maximum Gasteiger partial charge on any atom is 0.323 e. The largest absolute Gasteiger partial charge is 0.465 e. The van der Waals surface area contributed by atoms with Crippen LogP contribution < -0.4 is 10.6 Å². The lowest BCUT2D eigenvalue weighted by Crippen LogP contribution is -2.55. The number of carbonyl (C=O) groups is 3. The average molecular weight is 605 g/mol. The van der Waals surface area contributed by atoms with E-state index >= 15 is 0 Å². The molecule has 0 bridgehead atoms. The molecule has 224 valence electrons. The Labute approximate surface area is 253 Å². The fraction of sp³-hybridized carbons (Fsp3) is 0.500. The highest BCUT2D eigenvalue weighted by molar-refractivity contribution is 7.81. The number of aliphatic hydroxyl groups excluding tert-OH is 1. The number of anilines is 1. The molecule has 3 N–H and O–H groups in total. The molecule has 0 spiro atoms. The molecule has 3 rings (SSSR count). The first-order chi connectivity index (χ1) is 19.5. The Kier molecular flexibility index (Phi) is 12.0. The van der Waals surface area contributed by atoms with Crippen molar-refractivity contribution in [2.45, 2.75) is 38.5 Å². The molecule has 1 aliphatic heterocycles. The molecule has 0 radical (unpaired) electrons. The van der Waals surface area contributed by atoms with Crippen LogP contribution in [0.4, 0.5) is 5.69 Å². The summed E-state index contributed by atoms with van der Waals surface area (Å²) in [5, 5.41) is 9.44. The number of carbonyl (C=O) groups excluding carboxylic acids is 3. The van der Waals surface area contributed by atoms with E-state index in [0.717, 1.165) is 31.1 Å². The molecule has 2 atom stereocenters. The van der Waals surface area contributed by atoms with Crippen LogP contribution in [0.2, 0.25) is 5.02 Å². The number of esters is 1. The van der Waals surface area contributed by atoms with E-state index in [0.29, 0.717) is 24.3 Å². The first-order valence-corrected chi connectivity index (χ1v) is 14.8. The summed E-state index contributed by atoms with van der Waals surface area (Å²) in [4.78, 5) is 44.5. The number of aliphatic hydroxyl groups is 1. The summed E-state index contributed by atoms with van der Waals surface area (Å²) >= 11 is 10.5. The normalized spacial score (nSPS) is 15.7. The molecular weight excluding hydrogens is 564 g/mol. The van der Waals surface area contributed by atoms with Crippen LogP contribution in [0.3, 0.4) is 0 Å². The minimum Gasteiger partial charge on any atom is -0.465 e. The second-order valence-electron chi connectivity index (χ2n) is 10.7. The molecular formula is C30H41ClN4O5S. The average Bonchev–Trinajstić information content (AvgIpc) is 2.98. The van der Waals surface area contributed by atoms with Gasteiger partial charge in [-0.2, -0.15) is 12.6 Å². The Bertz CT molecular complexity index is 1170. The summed E-state index contributed by atoms with van der Waals surface area (Å²) < 4.78 is 5.03. The Morgan fingerprint density at radius 3 is 2.24 bits per heavy atom. The molecule has 2 aromatic carbocycles. The Balaban J connectivity index is 1.60. The highest BCUT2D eigenvalue weighted by atomic mass is 35.5. The number of thiol groups is 1. The third-order valence-electron chi connectivity index (χ3n) is 7.59. The summed E-state index contributed by atoms with van der Waals surface area (Å²) in [6.45, 7) is 8.73. The minimum atomic E-state index is -1.07. The van der Waals surface area contributed by atoms with Crippen molar-refractivity contribution >= 4 is 47.7 Å². The predicted octanol–water partition coefficient (Wildman–Crippen LogP) is 2.88. The number of halogens is 1. The molecule has 0 aliphatic carbocycles. The van der Waals surface area contributed by atoms with Crippen LogP contribution in [0, 0.1) is 5.41 Å². The van der Waals surface area contributed by atoms with E-state index in [9.17, 15) is 19.5 Å². The molecule has 1 fully saturated rings. The molecule has 2 aromatic rings. The van der Waals surface area contributed by atoms with E-state index in [1.807, 2.05) is 29.2 Å². The van der Waals surface area contributed by atoms with E-state index in [1.165, 1.54) is 10.5 Å². The van der Waals surface area contributed by atoms with Crippen molar-refractivity contribution in [3.05, 3.63) is 64.7 Å². The van der Waals surface area contributed by atoms with Gasteiger partial charge in [-0.05, 0) is 55.3 Å². The molecule has 0 saturated carbocycles. The molecule has 11 heteroatoms. The van der Waals surface area contributed by atoms with Gasteiger partial charge in [0, 0.05) is 61.0 Å². The maximum atomic E-state index is 13.5. The Morgan fingerprint density at radius 2 is 1.68 bits per heavy atom. The van der Waals surface area contributed by atoms with E-state index in [-0.39, 0.29) is 25.7 Å². The zero-order valence-electron chi connectivity index (χ0n) is 24.0. The highest BCUT2D eigenvalue weighted by Gasteiger charge is 2.43. The van der Waals surface area contributed by atoms with Gasteiger partial charge in [0.25, 0.3) is 5.91 Å². The zero-order valence-corrected chi connectivity index (χ0v) is 25.6. The summed E-state index contributed by atoms with van der Waals surface area (Å²) in [6, 6.07) is 13.5. The number of benzene rings is 2. The van der Waals surface area contributed by atoms with Crippen LogP contribution in [0.1, 0.15) is 36.7 Å². The van der Waals surface area contributed by atoms with Gasteiger partial charge in [0.1, 0.15) is 6.04 Å². The second kappa shape index (κ2) is 15.0. The van der Waals surface area contributed by atoms with Gasteiger partial charge in [-0.1, -0.05) is 37.6 Å². The first-order valence-electron chi connectivity index (χ1n) is 13.9. The number of nitrogens with two attached hydrogens (primary N) is 1. The summed E-state index contributed by atoms with van der Waals surface area (Å²) in [5.74, 6) is -1.09. The lowest BCUT2D eigenvalue weighted by molar-refractivity contribution is -0.147. The molecule has 2 unspecified atom stereocenters. The molecule has 1 saturated heterocycles. The van der Waals surface area contributed by atoms with Crippen LogP contribution in [-0.4, -0.2) is 96.5 Å². The van der Waals surface area contributed by atoms with Crippen molar-refractivity contribution in [3.8, 4) is 0 Å². The maximum absolute atomic E-state index is 13.5. The van der Waals surface area contributed by atoms with Crippen molar-refractivity contribution in [3.63, 3.8) is 0 Å². The van der Waals surface area contributed by atoms with Crippen LogP contribution in [0.5, 0.6) is 0 Å². The highest BCUT2D eigenvalue weighted by Crippen LogP contribution is 2.32. The summed E-state index contributed by atoms with van der Waals surface area (Å²) in [5.41, 5.74) is 7.35. The van der Waals surface area contributed by atoms with Gasteiger partial charge in [-0.15, -0.1) is 0 Å².